The van der Waals surface area contributed by atoms with Gasteiger partial charge in [0.1, 0.15) is 19.3 Å². The summed E-state index contributed by atoms with van der Waals surface area (Å²) in [5, 5.41) is 10.5. The second-order valence-electron chi connectivity index (χ2n) is 24.6. The van der Waals surface area contributed by atoms with Crippen LogP contribution < -0.4 is 0 Å². The molecule has 0 amide bonds. The highest BCUT2D eigenvalue weighted by Crippen LogP contribution is 2.45. The lowest BCUT2D eigenvalue weighted by molar-refractivity contribution is -0.161. The maximum atomic E-state index is 13.0. The van der Waals surface area contributed by atoms with Gasteiger partial charge in [0, 0.05) is 25.7 Å². The van der Waals surface area contributed by atoms with Crippen LogP contribution in [0.15, 0.2) is 0 Å². The van der Waals surface area contributed by atoms with Crippen molar-refractivity contribution in [2.45, 2.75) is 349 Å². The van der Waals surface area contributed by atoms with E-state index in [1.165, 1.54) is 141 Å². The fraction of sp³-hybridized carbons (Fsp3) is 0.939. The molecule has 0 saturated carbocycles. The van der Waals surface area contributed by atoms with Gasteiger partial charge in [-0.15, -0.1) is 0 Å². The Bertz CT molecular complexity index is 1670. The Morgan fingerprint density at radius 1 is 0.341 bits per heavy atom. The van der Waals surface area contributed by atoms with Crippen molar-refractivity contribution in [3.8, 4) is 0 Å². The fourth-order valence-corrected chi connectivity index (χ4v) is 11.4. The summed E-state index contributed by atoms with van der Waals surface area (Å²) in [4.78, 5) is 72.1. The first-order valence-electron chi connectivity index (χ1n) is 34.5. The highest BCUT2D eigenvalue weighted by Gasteiger charge is 2.30. The summed E-state index contributed by atoms with van der Waals surface area (Å²) in [6, 6.07) is 0. The quantitative estimate of drug-likeness (QED) is 0.0222. The lowest BCUT2D eigenvalue weighted by atomic mass is 9.99. The van der Waals surface area contributed by atoms with Crippen molar-refractivity contribution in [3.63, 3.8) is 0 Å². The van der Waals surface area contributed by atoms with E-state index >= 15 is 0 Å². The van der Waals surface area contributed by atoms with Gasteiger partial charge in [-0.05, 0) is 37.5 Å². The summed E-state index contributed by atoms with van der Waals surface area (Å²) in [6.45, 7) is 9.45. The number of esters is 4. The van der Waals surface area contributed by atoms with E-state index in [0.29, 0.717) is 25.7 Å². The third-order valence-corrected chi connectivity index (χ3v) is 17.5. The van der Waals surface area contributed by atoms with E-state index in [1.807, 2.05) is 0 Å². The van der Waals surface area contributed by atoms with Crippen molar-refractivity contribution >= 4 is 39.5 Å². The lowest BCUT2D eigenvalue weighted by Crippen LogP contribution is -2.30. The van der Waals surface area contributed by atoms with Crippen molar-refractivity contribution in [2.24, 2.45) is 11.8 Å². The molecular formula is C66H128O17P2. The molecule has 0 radical (unpaired) electrons. The van der Waals surface area contributed by atoms with Crippen LogP contribution in [-0.2, 0) is 65.4 Å². The Labute approximate surface area is 517 Å². The van der Waals surface area contributed by atoms with Gasteiger partial charge in [0.25, 0.3) is 0 Å². The molecule has 0 fully saturated rings. The average molecular weight is 1260 g/mol. The number of rotatable bonds is 65. The van der Waals surface area contributed by atoms with Crippen LogP contribution in [-0.4, -0.2) is 96.7 Å². The van der Waals surface area contributed by atoms with Crippen LogP contribution in [0.2, 0.25) is 0 Å². The summed E-state index contributed by atoms with van der Waals surface area (Å²) < 4.78 is 67.9. The Morgan fingerprint density at radius 3 is 0.894 bits per heavy atom. The number of phosphoric acid groups is 2. The normalized spacial score (nSPS) is 14.6. The second kappa shape index (κ2) is 58.4. The van der Waals surface area contributed by atoms with Crippen molar-refractivity contribution in [3.05, 3.63) is 0 Å². The van der Waals surface area contributed by atoms with E-state index in [-0.39, 0.29) is 25.7 Å². The number of carbonyl (C=O) groups is 4. The highest BCUT2D eigenvalue weighted by molar-refractivity contribution is 7.47. The maximum Gasteiger partial charge on any atom is 0.472 e. The molecule has 0 bridgehead atoms. The Morgan fingerprint density at radius 2 is 0.600 bits per heavy atom. The van der Waals surface area contributed by atoms with Crippen LogP contribution >= 0.6 is 15.6 Å². The van der Waals surface area contributed by atoms with E-state index in [2.05, 4.69) is 41.5 Å². The summed E-state index contributed by atoms with van der Waals surface area (Å²) in [5.74, 6) is -0.568. The number of carbonyl (C=O) groups excluding carboxylic acids is 4. The van der Waals surface area contributed by atoms with Gasteiger partial charge in [-0.3, -0.25) is 37.3 Å². The van der Waals surface area contributed by atoms with Gasteiger partial charge in [-0.1, -0.05) is 279 Å². The maximum absolute atomic E-state index is 13.0. The zero-order valence-corrected chi connectivity index (χ0v) is 56.7. The SMILES string of the molecule is CCCCCCCCCCCCCC(=O)O[C@H](COC(=O)CCCCCCC)COP(=O)(O)OC[C@H](O)COP(=O)(O)OC[C@@H](COC(=O)CCCCCCCCCCC(C)CC)OC(=O)CCCCCCCCCCCCCCCCC(C)C. The smallest absolute Gasteiger partial charge is 0.462 e. The molecule has 6 atom stereocenters. The standard InChI is InChI=1S/C66H128O17P2/c1-7-10-12-14-15-16-21-25-32-38-44-50-65(70)82-61(54-76-63(68)48-42-34-13-11-8-2)56-80-84(72,73)78-52-60(67)53-79-85(74,75)81-57-62(55-77-64(69)49-43-37-31-28-27-30-36-41-47-59(6)9-3)83-66(71)51-45-39-33-26-23-20-18-17-19-22-24-29-35-40-46-58(4)5/h58-62,67H,7-57H2,1-6H3,(H,72,73)(H,74,75)/t59?,60-,61+,62+/m0/s1. The summed E-state index contributed by atoms with van der Waals surface area (Å²) >= 11 is 0. The molecule has 0 aliphatic carbocycles. The first-order chi connectivity index (χ1) is 40.9. The Hall–Kier alpha value is -1.94. The van der Waals surface area contributed by atoms with Crippen LogP contribution in [0.3, 0.4) is 0 Å². The summed E-state index contributed by atoms with van der Waals surface area (Å²) in [6.07, 6.45) is 41.9. The third kappa shape index (κ3) is 59.5. The zero-order valence-electron chi connectivity index (χ0n) is 54.9. The molecule has 0 spiro atoms. The van der Waals surface area contributed by atoms with Gasteiger partial charge in [0.05, 0.1) is 26.4 Å². The monoisotopic (exact) mass is 1250 g/mol. The van der Waals surface area contributed by atoms with Crippen LogP contribution in [0.4, 0.5) is 0 Å². The number of unbranched alkanes of at least 4 members (excludes halogenated alkanes) is 34. The first-order valence-corrected chi connectivity index (χ1v) is 37.5. The van der Waals surface area contributed by atoms with Gasteiger partial charge in [-0.2, -0.15) is 0 Å². The number of hydrogen-bond acceptors (Lipinski definition) is 15. The fourth-order valence-electron chi connectivity index (χ4n) is 9.85. The first kappa shape index (κ1) is 83.1. The highest BCUT2D eigenvalue weighted by atomic mass is 31.2. The summed E-state index contributed by atoms with van der Waals surface area (Å²) in [5.41, 5.74) is 0. The van der Waals surface area contributed by atoms with E-state index in [1.54, 1.807) is 0 Å². The van der Waals surface area contributed by atoms with Crippen LogP contribution in [0.25, 0.3) is 0 Å². The molecular weight excluding hydrogens is 1130 g/mol. The van der Waals surface area contributed by atoms with Gasteiger partial charge in [0.2, 0.25) is 0 Å². The molecule has 0 aliphatic rings. The lowest BCUT2D eigenvalue weighted by Gasteiger charge is -2.21. The summed E-state index contributed by atoms with van der Waals surface area (Å²) in [7, 11) is -9.88. The predicted octanol–water partition coefficient (Wildman–Crippen LogP) is 18.4. The van der Waals surface area contributed by atoms with E-state index in [9.17, 15) is 43.2 Å². The van der Waals surface area contributed by atoms with Crippen LogP contribution in [0.5, 0.6) is 0 Å². The molecule has 0 rings (SSSR count). The van der Waals surface area contributed by atoms with E-state index < -0.39 is 97.5 Å². The van der Waals surface area contributed by atoms with Crippen molar-refractivity contribution in [1.29, 1.82) is 0 Å². The van der Waals surface area contributed by atoms with Crippen molar-refractivity contribution < 1.29 is 80.2 Å². The minimum atomic E-state index is -4.95. The van der Waals surface area contributed by atoms with Crippen LogP contribution in [0, 0.1) is 11.8 Å². The largest absolute Gasteiger partial charge is 0.472 e. The van der Waals surface area contributed by atoms with Gasteiger partial charge in [-0.25, -0.2) is 9.13 Å². The molecule has 85 heavy (non-hydrogen) atoms. The molecule has 3 N–H and O–H groups in total. The number of ether oxygens (including phenoxy) is 4. The minimum Gasteiger partial charge on any atom is -0.462 e. The number of aliphatic hydroxyl groups is 1. The molecule has 0 aromatic carbocycles. The van der Waals surface area contributed by atoms with Crippen LogP contribution in [0.1, 0.15) is 330 Å². The topological polar surface area (TPSA) is 237 Å². The molecule has 17 nitrogen and oxygen atoms in total. The Kier molecular flexibility index (Phi) is 57.1. The molecule has 504 valence electrons. The second-order valence-corrected chi connectivity index (χ2v) is 27.5. The molecule has 19 heteroatoms. The molecule has 0 heterocycles. The van der Waals surface area contributed by atoms with Gasteiger partial charge < -0.3 is 33.8 Å². The molecule has 0 saturated heterocycles. The van der Waals surface area contributed by atoms with Crippen molar-refractivity contribution in [2.75, 3.05) is 39.6 Å². The zero-order chi connectivity index (χ0) is 62.9. The molecule has 0 aromatic heterocycles. The molecule has 0 aliphatic heterocycles. The molecule has 0 aromatic rings. The third-order valence-electron chi connectivity index (χ3n) is 15.6. The number of hydrogen-bond donors (Lipinski definition) is 3. The van der Waals surface area contributed by atoms with E-state index in [4.69, 9.17) is 37.0 Å². The number of phosphoric ester groups is 2. The minimum absolute atomic E-state index is 0.106. The Balaban J connectivity index is 5.17. The van der Waals surface area contributed by atoms with Crippen molar-refractivity contribution in [1.82, 2.24) is 0 Å². The average Bonchev–Trinajstić information content (AvgIpc) is 3.56. The predicted molar refractivity (Wildman–Crippen MR) is 340 cm³/mol. The number of aliphatic hydroxyl groups excluding tert-OH is 1. The van der Waals surface area contributed by atoms with Gasteiger partial charge in [0.15, 0.2) is 12.2 Å². The van der Waals surface area contributed by atoms with Gasteiger partial charge >= 0.3 is 39.5 Å². The molecule has 3 unspecified atom stereocenters. The van der Waals surface area contributed by atoms with E-state index in [0.717, 1.165) is 108 Å².